The van der Waals surface area contributed by atoms with Crippen molar-refractivity contribution in [2.24, 2.45) is 11.8 Å². The van der Waals surface area contributed by atoms with Gasteiger partial charge in [0.15, 0.2) is 5.16 Å². The maximum atomic E-state index is 12.9. The Morgan fingerprint density at radius 1 is 1.36 bits per heavy atom. The molecule has 0 amide bonds. The van der Waals surface area contributed by atoms with Crippen LogP contribution < -0.4 is 5.56 Å². The highest BCUT2D eigenvalue weighted by molar-refractivity contribution is 7.99. The van der Waals surface area contributed by atoms with Gasteiger partial charge in [-0.1, -0.05) is 37.2 Å². The van der Waals surface area contributed by atoms with E-state index in [-0.39, 0.29) is 17.4 Å². The molecule has 0 radical (unpaired) electrons. The van der Waals surface area contributed by atoms with Crippen LogP contribution in [0.2, 0.25) is 5.02 Å². The summed E-state index contributed by atoms with van der Waals surface area (Å²) in [6, 6.07) is 9.37. The second-order valence-electron chi connectivity index (χ2n) is 6.20. The smallest absolute Gasteiger partial charge is 0.262 e. The number of aromatic nitrogens is 2. The number of halogens is 1. The molecular weight excluding hydrogens is 356 g/mol. The van der Waals surface area contributed by atoms with Crippen LogP contribution in [0.5, 0.6) is 0 Å². The first-order valence-electron chi connectivity index (χ1n) is 8.05. The fraction of sp³-hybridized carbons (Fsp3) is 0.444. The van der Waals surface area contributed by atoms with Crippen molar-refractivity contribution < 1.29 is 0 Å². The monoisotopic (exact) mass is 374 g/mol. The summed E-state index contributed by atoms with van der Waals surface area (Å²) in [7, 11) is 0. The van der Waals surface area contributed by atoms with Crippen molar-refractivity contribution in [2.45, 2.75) is 38.4 Å². The van der Waals surface area contributed by atoms with E-state index in [4.69, 9.17) is 16.9 Å². The van der Waals surface area contributed by atoms with Crippen LogP contribution in [0.4, 0.5) is 0 Å². The van der Waals surface area contributed by atoms with E-state index < -0.39 is 0 Å². The molecule has 0 spiro atoms. The van der Waals surface area contributed by atoms with Gasteiger partial charge in [-0.3, -0.25) is 9.36 Å². The third-order valence-corrected chi connectivity index (χ3v) is 5.00. The Labute approximate surface area is 156 Å². The van der Waals surface area contributed by atoms with Gasteiger partial charge in [-0.05, 0) is 30.5 Å². The topological polar surface area (TPSA) is 82.5 Å². The third-order valence-electron chi connectivity index (χ3n) is 3.63. The number of benzene rings is 1. The molecule has 1 aromatic carbocycles. The second kappa shape index (κ2) is 8.89. The molecule has 0 fully saturated rings. The molecule has 130 valence electrons. The van der Waals surface area contributed by atoms with Gasteiger partial charge in [-0.25, -0.2) is 4.98 Å². The minimum Gasteiger partial charge on any atom is -0.287 e. The van der Waals surface area contributed by atoms with Crippen LogP contribution in [0.25, 0.3) is 10.9 Å². The maximum absolute atomic E-state index is 12.9. The minimum absolute atomic E-state index is 0.116. The molecule has 0 aliphatic rings. The molecule has 0 bridgehead atoms. The molecule has 0 N–H and O–H groups in total. The Morgan fingerprint density at radius 2 is 2.12 bits per heavy atom. The van der Waals surface area contributed by atoms with Crippen molar-refractivity contribution in [1.29, 1.82) is 10.5 Å². The predicted octanol–water partition coefficient (Wildman–Crippen LogP) is 4.24. The van der Waals surface area contributed by atoms with E-state index in [1.807, 2.05) is 13.8 Å². The fourth-order valence-corrected chi connectivity index (χ4v) is 3.65. The summed E-state index contributed by atoms with van der Waals surface area (Å²) in [6.07, 6.45) is 0.874. The van der Waals surface area contributed by atoms with Gasteiger partial charge >= 0.3 is 0 Å². The first-order chi connectivity index (χ1) is 12.0. The molecule has 0 aliphatic carbocycles. The van der Waals surface area contributed by atoms with E-state index in [0.717, 1.165) is 0 Å². The standard InChI is InChI=1S/C18H19ClN4OS/c1-12(2)10-23-17(24)15-8-14(19)5-6-16(15)22-18(23)25-11-13(9-21)4-3-7-20/h5-6,8,12-13H,3-4,10-11H2,1-2H3/t13-/m0/s1. The zero-order valence-corrected chi connectivity index (χ0v) is 15.8. The molecule has 0 saturated heterocycles. The van der Waals surface area contributed by atoms with E-state index in [1.165, 1.54) is 11.8 Å². The third kappa shape index (κ3) is 4.98. The highest BCUT2D eigenvalue weighted by atomic mass is 35.5. The summed E-state index contributed by atoms with van der Waals surface area (Å²) < 4.78 is 1.66. The highest BCUT2D eigenvalue weighted by Crippen LogP contribution is 2.24. The van der Waals surface area contributed by atoms with Crippen LogP contribution in [0.15, 0.2) is 28.2 Å². The lowest BCUT2D eigenvalue weighted by atomic mass is 10.1. The lowest BCUT2D eigenvalue weighted by Gasteiger charge is -2.15. The number of hydrogen-bond acceptors (Lipinski definition) is 5. The number of thioether (sulfide) groups is 1. The normalized spacial score (nSPS) is 12.1. The van der Waals surface area contributed by atoms with E-state index >= 15 is 0 Å². The van der Waals surface area contributed by atoms with Crippen molar-refractivity contribution in [3.05, 3.63) is 33.6 Å². The number of hydrogen-bond donors (Lipinski definition) is 0. The largest absolute Gasteiger partial charge is 0.287 e. The van der Waals surface area contributed by atoms with Crippen molar-refractivity contribution in [3.8, 4) is 12.1 Å². The summed E-state index contributed by atoms with van der Waals surface area (Å²) in [5, 5.41) is 19.5. The Morgan fingerprint density at radius 3 is 2.76 bits per heavy atom. The fourth-order valence-electron chi connectivity index (χ4n) is 2.41. The molecule has 1 aromatic heterocycles. The van der Waals surface area contributed by atoms with Crippen LogP contribution in [0, 0.1) is 34.5 Å². The van der Waals surface area contributed by atoms with E-state index in [0.29, 0.717) is 46.2 Å². The number of nitriles is 2. The van der Waals surface area contributed by atoms with Gasteiger partial charge in [0.2, 0.25) is 0 Å². The molecule has 0 unspecified atom stereocenters. The zero-order chi connectivity index (χ0) is 18.4. The van der Waals surface area contributed by atoms with Gasteiger partial charge in [0.25, 0.3) is 5.56 Å². The summed E-state index contributed by atoms with van der Waals surface area (Å²) in [4.78, 5) is 17.5. The molecule has 2 aromatic rings. The molecule has 1 atom stereocenters. The Balaban J connectivity index is 2.40. The first-order valence-corrected chi connectivity index (χ1v) is 9.42. The zero-order valence-electron chi connectivity index (χ0n) is 14.2. The quantitative estimate of drug-likeness (QED) is 0.534. The molecule has 0 aliphatic heterocycles. The van der Waals surface area contributed by atoms with Crippen LogP contribution >= 0.6 is 23.4 Å². The van der Waals surface area contributed by atoms with Crippen molar-refractivity contribution in [2.75, 3.05) is 5.75 Å². The lowest BCUT2D eigenvalue weighted by molar-refractivity contribution is 0.475. The first kappa shape index (κ1) is 19.3. The summed E-state index contributed by atoms with van der Waals surface area (Å²) in [5.74, 6) is 0.540. The average Bonchev–Trinajstić information content (AvgIpc) is 2.58. The van der Waals surface area contributed by atoms with Gasteiger partial charge in [-0.15, -0.1) is 0 Å². The van der Waals surface area contributed by atoms with Gasteiger partial charge in [0.1, 0.15) is 0 Å². The van der Waals surface area contributed by atoms with Crippen LogP contribution in [-0.2, 0) is 6.54 Å². The summed E-state index contributed by atoms with van der Waals surface area (Å²) in [6.45, 7) is 4.62. The van der Waals surface area contributed by atoms with Crippen LogP contribution in [0.1, 0.15) is 26.7 Å². The molecule has 2 rings (SSSR count). The van der Waals surface area contributed by atoms with Gasteiger partial charge in [0, 0.05) is 23.7 Å². The van der Waals surface area contributed by atoms with Crippen LogP contribution in [0.3, 0.4) is 0 Å². The Hall–Kier alpha value is -2.02. The van der Waals surface area contributed by atoms with Crippen molar-refractivity contribution in [3.63, 3.8) is 0 Å². The number of nitrogens with zero attached hydrogens (tertiary/aromatic N) is 4. The highest BCUT2D eigenvalue weighted by Gasteiger charge is 2.15. The predicted molar refractivity (Wildman–Crippen MR) is 101 cm³/mol. The Bertz CT molecular complexity index is 895. The van der Waals surface area contributed by atoms with E-state index in [2.05, 4.69) is 17.1 Å². The molecule has 1 heterocycles. The number of rotatable bonds is 7. The van der Waals surface area contributed by atoms with Crippen molar-refractivity contribution in [1.82, 2.24) is 9.55 Å². The average molecular weight is 375 g/mol. The van der Waals surface area contributed by atoms with Crippen LogP contribution in [-0.4, -0.2) is 15.3 Å². The molecule has 25 heavy (non-hydrogen) atoms. The van der Waals surface area contributed by atoms with Gasteiger partial charge in [-0.2, -0.15) is 10.5 Å². The van der Waals surface area contributed by atoms with Gasteiger partial charge < -0.3 is 0 Å². The summed E-state index contributed by atoms with van der Waals surface area (Å²) in [5.41, 5.74) is 0.483. The Kier molecular flexibility index (Phi) is 6.87. The summed E-state index contributed by atoms with van der Waals surface area (Å²) >= 11 is 7.41. The maximum Gasteiger partial charge on any atom is 0.262 e. The van der Waals surface area contributed by atoms with Gasteiger partial charge in [0.05, 0.1) is 29.0 Å². The minimum atomic E-state index is -0.241. The SMILES string of the molecule is CC(C)Cn1c(SC[C@H](C#N)CCC#N)nc2ccc(Cl)cc2c1=O. The molecule has 5 nitrogen and oxygen atoms in total. The van der Waals surface area contributed by atoms with Crippen molar-refractivity contribution >= 4 is 34.3 Å². The molecule has 0 saturated carbocycles. The molecule has 7 heteroatoms. The van der Waals surface area contributed by atoms with E-state index in [9.17, 15) is 10.1 Å². The van der Waals surface area contributed by atoms with E-state index in [1.54, 1.807) is 22.8 Å². The second-order valence-corrected chi connectivity index (χ2v) is 7.62. The number of fused-ring (bicyclic) bond motifs is 1. The lowest BCUT2D eigenvalue weighted by Crippen LogP contribution is -2.25. The molecular formula is C18H19ClN4OS.